The summed E-state index contributed by atoms with van der Waals surface area (Å²) in [5, 5.41) is 5.87. The van der Waals surface area contributed by atoms with Crippen LogP contribution in [0.3, 0.4) is 0 Å². The predicted octanol–water partition coefficient (Wildman–Crippen LogP) is 3.52. The fraction of sp³-hybridized carbons (Fsp3) is 0.167. The summed E-state index contributed by atoms with van der Waals surface area (Å²) >= 11 is 6.20. The van der Waals surface area contributed by atoms with Gasteiger partial charge in [0.15, 0.2) is 0 Å². The molecule has 2 rings (SSSR count). The van der Waals surface area contributed by atoms with E-state index in [0.29, 0.717) is 22.8 Å². The molecule has 1 aromatic heterocycles. The summed E-state index contributed by atoms with van der Waals surface area (Å²) in [6.45, 7) is 7.66. The van der Waals surface area contributed by atoms with E-state index in [1.807, 2.05) is 19.9 Å². The lowest BCUT2D eigenvalue weighted by atomic mass is 10.1. The standard InChI is InChI=1S/C18H18ClN3O2/c1-4-6-21-18(24)15-10-13(5-7-20-15)17(23)22-16-12(3)8-11(2)9-14(16)19/h4-5,7-10H,1,6H2,2-3H3,(H,21,24)(H,22,23). The van der Waals surface area contributed by atoms with Gasteiger partial charge in [-0.05, 0) is 43.2 Å². The van der Waals surface area contributed by atoms with Crippen molar-refractivity contribution < 1.29 is 9.59 Å². The lowest BCUT2D eigenvalue weighted by Crippen LogP contribution is -2.24. The molecule has 0 atom stereocenters. The number of anilines is 1. The molecule has 2 aromatic rings. The second kappa shape index (κ2) is 7.75. The zero-order valence-electron chi connectivity index (χ0n) is 13.5. The number of amides is 2. The largest absolute Gasteiger partial charge is 0.347 e. The molecule has 2 amide bonds. The van der Waals surface area contributed by atoms with E-state index in [4.69, 9.17) is 11.6 Å². The van der Waals surface area contributed by atoms with Gasteiger partial charge in [0.05, 0.1) is 10.7 Å². The third-order valence-electron chi connectivity index (χ3n) is 3.33. The van der Waals surface area contributed by atoms with Crippen LogP contribution in [-0.4, -0.2) is 23.3 Å². The van der Waals surface area contributed by atoms with Gasteiger partial charge in [-0.15, -0.1) is 6.58 Å². The molecule has 1 heterocycles. The highest BCUT2D eigenvalue weighted by Gasteiger charge is 2.14. The van der Waals surface area contributed by atoms with Crippen LogP contribution in [0.5, 0.6) is 0 Å². The van der Waals surface area contributed by atoms with Gasteiger partial charge in [0, 0.05) is 18.3 Å². The van der Waals surface area contributed by atoms with Crippen LogP contribution in [0.25, 0.3) is 0 Å². The van der Waals surface area contributed by atoms with Gasteiger partial charge < -0.3 is 10.6 Å². The average Bonchev–Trinajstić information content (AvgIpc) is 2.55. The molecule has 0 fully saturated rings. The number of aryl methyl sites for hydroxylation is 2. The molecule has 2 N–H and O–H groups in total. The van der Waals surface area contributed by atoms with Crippen molar-refractivity contribution in [1.29, 1.82) is 0 Å². The Morgan fingerprint density at radius 1 is 1.25 bits per heavy atom. The van der Waals surface area contributed by atoms with E-state index in [9.17, 15) is 9.59 Å². The van der Waals surface area contributed by atoms with Crippen molar-refractivity contribution in [2.75, 3.05) is 11.9 Å². The van der Waals surface area contributed by atoms with E-state index in [1.165, 1.54) is 18.3 Å². The van der Waals surface area contributed by atoms with Gasteiger partial charge in [-0.2, -0.15) is 0 Å². The van der Waals surface area contributed by atoms with Crippen LogP contribution in [0, 0.1) is 13.8 Å². The number of carbonyl (C=O) groups is 2. The summed E-state index contributed by atoms with van der Waals surface area (Å²) in [6, 6.07) is 6.69. The van der Waals surface area contributed by atoms with Gasteiger partial charge >= 0.3 is 0 Å². The first-order valence-corrected chi connectivity index (χ1v) is 7.73. The van der Waals surface area contributed by atoms with Crippen molar-refractivity contribution in [1.82, 2.24) is 10.3 Å². The summed E-state index contributed by atoms with van der Waals surface area (Å²) in [5.41, 5.74) is 2.93. The maximum atomic E-state index is 12.4. The molecule has 0 spiro atoms. The van der Waals surface area contributed by atoms with E-state index in [2.05, 4.69) is 22.2 Å². The maximum absolute atomic E-state index is 12.4. The number of hydrogen-bond donors (Lipinski definition) is 2. The van der Waals surface area contributed by atoms with Crippen molar-refractivity contribution in [2.24, 2.45) is 0 Å². The Morgan fingerprint density at radius 2 is 2.00 bits per heavy atom. The Labute approximate surface area is 145 Å². The summed E-state index contributed by atoms with van der Waals surface area (Å²) in [5.74, 6) is -0.724. The Morgan fingerprint density at radius 3 is 2.67 bits per heavy atom. The Kier molecular flexibility index (Phi) is 5.71. The second-order valence-electron chi connectivity index (χ2n) is 5.32. The highest BCUT2D eigenvalue weighted by molar-refractivity contribution is 6.34. The van der Waals surface area contributed by atoms with Crippen LogP contribution in [0.4, 0.5) is 5.69 Å². The molecule has 0 bridgehead atoms. The minimum Gasteiger partial charge on any atom is -0.347 e. The van der Waals surface area contributed by atoms with E-state index in [-0.39, 0.29) is 17.5 Å². The number of halogens is 1. The van der Waals surface area contributed by atoms with E-state index in [0.717, 1.165) is 11.1 Å². The van der Waals surface area contributed by atoms with Crippen molar-refractivity contribution in [3.8, 4) is 0 Å². The van der Waals surface area contributed by atoms with E-state index >= 15 is 0 Å². The molecule has 6 heteroatoms. The SMILES string of the molecule is C=CCNC(=O)c1cc(C(=O)Nc2c(C)cc(C)cc2Cl)ccn1. The van der Waals surface area contributed by atoms with Crippen LogP contribution >= 0.6 is 11.6 Å². The first-order valence-electron chi connectivity index (χ1n) is 7.35. The number of benzene rings is 1. The Balaban J connectivity index is 2.22. The van der Waals surface area contributed by atoms with Crippen LogP contribution in [0.2, 0.25) is 5.02 Å². The Hall–Kier alpha value is -2.66. The third kappa shape index (κ3) is 4.20. The zero-order chi connectivity index (χ0) is 17.7. The Bertz CT molecular complexity index is 780. The number of hydrogen-bond acceptors (Lipinski definition) is 3. The van der Waals surface area contributed by atoms with Gasteiger partial charge in [0.2, 0.25) is 0 Å². The average molecular weight is 344 g/mol. The summed E-state index contributed by atoms with van der Waals surface area (Å²) in [6.07, 6.45) is 2.98. The number of nitrogens with zero attached hydrogens (tertiary/aromatic N) is 1. The third-order valence-corrected chi connectivity index (χ3v) is 3.63. The summed E-state index contributed by atoms with van der Waals surface area (Å²) in [4.78, 5) is 28.3. The summed E-state index contributed by atoms with van der Waals surface area (Å²) in [7, 11) is 0. The number of aromatic nitrogens is 1. The molecule has 0 aliphatic rings. The zero-order valence-corrected chi connectivity index (χ0v) is 14.3. The van der Waals surface area contributed by atoms with Crippen LogP contribution in [0.1, 0.15) is 32.0 Å². The highest BCUT2D eigenvalue weighted by Crippen LogP contribution is 2.27. The molecular formula is C18H18ClN3O2. The van der Waals surface area contributed by atoms with Crippen molar-refractivity contribution >= 4 is 29.1 Å². The summed E-state index contributed by atoms with van der Waals surface area (Å²) < 4.78 is 0. The van der Waals surface area contributed by atoms with Gasteiger partial charge in [0.1, 0.15) is 5.69 Å². The second-order valence-corrected chi connectivity index (χ2v) is 5.73. The predicted molar refractivity (Wildman–Crippen MR) is 95.6 cm³/mol. The molecular weight excluding hydrogens is 326 g/mol. The quantitative estimate of drug-likeness (QED) is 0.816. The van der Waals surface area contributed by atoms with Gasteiger partial charge in [0.25, 0.3) is 11.8 Å². The highest BCUT2D eigenvalue weighted by atomic mass is 35.5. The minimum atomic E-state index is -0.367. The smallest absolute Gasteiger partial charge is 0.270 e. The van der Waals surface area contributed by atoms with Crippen molar-refractivity contribution in [2.45, 2.75) is 13.8 Å². The van der Waals surface area contributed by atoms with Crippen LogP contribution < -0.4 is 10.6 Å². The fourth-order valence-corrected chi connectivity index (χ4v) is 2.58. The molecule has 0 radical (unpaired) electrons. The van der Waals surface area contributed by atoms with Gasteiger partial charge in [-0.3, -0.25) is 14.6 Å². The van der Waals surface area contributed by atoms with Crippen LogP contribution in [-0.2, 0) is 0 Å². The number of carbonyl (C=O) groups excluding carboxylic acids is 2. The lowest BCUT2D eigenvalue weighted by molar-refractivity contribution is 0.0953. The molecule has 5 nitrogen and oxygen atoms in total. The molecule has 124 valence electrons. The lowest BCUT2D eigenvalue weighted by Gasteiger charge is -2.12. The topological polar surface area (TPSA) is 71.1 Å². The van der Waals surface area contributed by atoms with Crippen LogP contribution in [0.15, 0.2) is 43.1 Å². The van der Waals surface area contributed by atoms with Gasteiger partial charge in [-0.1, -0.05) is 23.7 Å². The molecule has 0 saturated carbocycles. The number of pyridine rings is 1. The van der Waals surface area contributed by atoms with Gasteiger partial charge in [-0.25, -0.2) is 0 Å². The first-order chi connectivity index (χ1) is 11.4. The number of rotatable bonds is 5. The first kappa shape index (κ1) is 17.7. The molecule has 24 heavy (non-hydrogen) atoms. The van der Waals surface area contributed by atoms with E-state index < -0.39 is 0 Å². The minimum absolute atomic E-state index is 0.163. The number of nitrogens with one attached hydrogen (secondary N) is 2. The van der Waals surface area contributed by atoms with Crippen molar-refractivity contribution in [3.05, 3.63) is 70.5 Å². The molecule has 0 aliphatic carbocycles. The molecule has 0 saturated heterocycles. The maximum Gasteiger partial charge on any atom is 0.270 e. The monoisotopic (exact) mass is 343 g/mol. The van der Waals surface area contributed by atoms with E-state index in [1.54, 1.807) is 12.1 Å². The normalized spacial score (nSPS) is 10.1. The fourth-order valence-electron chi connectivity index (χ4n) is 2.21. The van der Waals surface area contributed by atoms with Crippen molar-refractivity contribution in [3.63, 3.8) is 0 Å². The molecule has 1 aromatic carbocycles. The molecule has 0 unspecified atom stereocenters. The molecule has 0 aliphatic heterocycles.